The van der Waals surface area contributed by atoms with Crippen LogP contribution in [0.5, 0.6) is 0 Å². The van der Waals surface area contributed by atoms with Crippen molar-refractivity contribution in [3.05, 3.63) is 55.1 Å². The molecule has 96 valence electrons. The molecule has 18 heavy (non-hydrogen) atoms. The standard InChI is InChI=1S/C14H15Br2NS/c1-17-9-11(8-14-13(16)6-7-18-14)10-2-4-12(15)5-3-10/h2-7,11,17H,8-9H2,1H3. The molecule has 1 unspecified atom stereocenters. The number of benzene rings is 1. The summed E-state index contributed by atoms with van der Waals surface area (Å²) in [6.07, 6.45) is 1.07. The zero-order valence-corrected chi connectivity index (χ0v) is 14.1. The summed E-state index contributed by atoms with van der Waals surface area (Å²) in [7, 11) is 2.01. The second kappa shape index (κ2) is 6.85. The minimum atomic E-state index is 0.512. The molecule has 0 aliphatic heterocycles. The van der Waals surface area contributed by atoms with Crippen LogP contribution in [0.15, 0.2) is 44.7 Å². The molecule has 0 bridgehead atoms. The lowest BCUT2D eigenvalue weighted by Gasteiger charge is -2.16. The van der Waals surface area contributed by atoms with Gasteiger partial charge in [0.2, 0.25) is 0 Å². The summed E-state index contributed by atoms with van der Waals surface area (Å²) in [5.41, 5.74) is 1.38. The van der Waals surface area contributed by atoms with Gasteiger partial charge < -0.3 is 5.32 Å². The number of hydrogen-bond acceptors (Lipinski definition) is 2. The molecule has 1 aromatic heterocycles. The van der Waals surface area contributed by atoms with Crippen molar-refractivity contribution in [3.8, 4) is 0 Å². The summed E-state index contributed by atoms with van der Waals surface area (Å²) in [6.45, 7) is 0.992. The Bertz CT molecular complexity index is 493. The maximum Gasteiger partial charge on any atom is 0.0314 e. The van der Waals surface area contributed by atoms with Crippen LogP contribution >= 0.6 is 43.2 Å². The smallest absolute Gasteiger partial charge is 0.0314 e. The molecular formula is C14H15Br2NS. The predicted molar refractivity (Wildman–Crippen MR) is 86.5 cm³/mol. The highest BCUT2D eigenvalue weighted by atomic mass is 79.9. The molecule has 0 saturated heterocycles. The van der Waals surface area contributed by atoms with Crippen LogP contribution in [-0.4, -0.2) is 13.6 Å². The van der Waals surface area contributed by atoms with Crippen molar-refractivity contribution in [1.29, 1.82) is 0 Å². The zero-order valence-electron chi connectivity index (χ0n) is 10.1. The van der Waals surface area contributed by atoms with E-state index in [1.165, 1.54) is 14.9 Å². The van der Waals surface area contributed by atoms with Gasteiger partial charge in [-0.1, -0.05) is 28.1 Å². The van der Waals surface area contributed by atoms with Crippen LogP contribution in [0.25, 0.3) is 0 Å². The van der Waals surface area contributed by atoms with E-state index in [0.29, 0.717) is 5.92 Å². The molecule has 1 nitrogen and oxygen atoms in total. The summed E-state index contributed by atoms with van der Waals surface area (Å²) in [4.78, 5) is 1.41. The van der Waals surface area contributed by atoms with Gasteiger partial charge in [0.05, 0.1) is 0 Å². The number of hydrogen-bond donors (Lipinski definition) is 1. The topological polar surface area (TPSA) is 12.0 Å². The molecular weight excluding hydrogens is 374 g/mol. The van der Waals surface area contributed by atoms with E-state index in [2.05, 4.69) is 72.9 Å². The average Bonchev–Trinajstić information content (AvgIpc) is 2.76. The molecule has 0 aliphatic carbocycles. The van der Waals surface area contributed by atoms with E-state index in [1.807, 2.05) is 18.4 Å². The SMILES string of the molecule is CNCC(Cc1sccc1Br)c1ccc(Br)cc1. The van der Waals surface area contributed by atoms with Crippen molar-refractivity contribution < 1.29 is 0 Å². The van der Waals surface area contributed by atoms with Gasteiger partial charge in [0, 0.05) is 26.3 Å². The van der Waals surface area contributed by atoms with Gasteiger partial charge in [0.1, 0.15) is 0 Å². The molecule has 0 fully saturated rings. The monoisotopic (exact) mass is 387 g/mol. The van der Waals surface area contributed by atoms with E-state index in [1.54, 1.807) is 0 Å². The van der Waals surface area contributed by atoms with Crippen LogP contribution in [-0.2, 0) is 6.42 Å². The van der Waals surface area contributed by atoms with Crippen molar-refractivity contribution >= 4 is 43.2 Å². The summed E-state index contributed by atoms with van der Waals surface area (Å²) in [5, 5.41) is 5.43. The minimum absolute atomic E-state index is 0.512. The Balaban J connectivity index is 2.18. The number of halogens is 2. The van der Waals surface area contributed by atoms with Crippen molar-refractivity contribution in [3.63, 3.8) is 0 Å². The second-order valence-corrected chi connectivity index (χ2v) is 6.97. The molecule has 4 heteroatoms. The first-order valence-corrected chi connectivity index (χ1v) is 8.29. The molecule has 2 aromatic rings. The summed E-state index contributed by atoms with van der Waals surface area (Å²) >= 11 is 8.91. The first-order chi connectivity index (χ1) is 8.70. The molecule has 1 heterocycles. The van der Waals surface area contributed by atoms with E-state index in [4.69, 9.17) is 0 Å². The zero-order chi connectivity index (χ0) is 13.0. The van der Waals surface area contributed by atoms with Gasteiger partial charge in [0.15, 0.2) is 0 Å². The van der Waals surface area contributed by atoms with E-state index in [-0.39, 0.29) is 0 Å². The minimum Gasteiger partial charge on any atom is -0.319 e. The Morgan fingerprint density at radius 2 is 1.89 bits per heavy atom. The first kappa shape index (κ1) is 14.3. The molecule has 0 amide bonds. The molecule has 2 rings (SSSR count). The predicted octanol–water partition coefficient (Wildman–Crippen LogP) is 4.82. The maximum atomic E-state index is 3.61. The fraction of sp³-hybridized carbons (Fsp3) is 0.286. The second-order valence-electron chi connectivity index (χ2n) is 4.20. The van der Waals surface area contributed by atoms with Crippen LogP contribution in [0.2, 0.25) is 0 Å². The van der Waals surface area contributed by atoms with Crippen molar-refractivity contribution in [2.24, 2.45) is 0 Å². The number of nitrogens with one attached hydrogen (secondary N) is 1. The lowest BCUT2D eigenvalue weighted by atomic mass is 9.95. The van der Waals surface area contributed by atoms with E-state index in [9.17, 15) is 0 Å². The van der Waals surface area contributed by atoms with Crippen LogP contribution < -0.4 is 5.32 Å². The molecule has 1 atom stereocenters. The van der Waals surface area contributed by atoms with Gasteiger partial charge >= 0.3 is 0 Å². The third-order valence-corrected chi connectivity index (χ3v) is 5.39. The molecule has 0 radical (unpaired) electrons. The number of rotatable bonds is 5. The van der Waals surface area contributed by atoms with Gasteiger partial charge in [-0.05, 0) is 58.5 Å². The van der Waals surface area contributed by atoms with Gasteiger partial charge in [-0.15, -0.1) is 11.3 Å². The van der Waals surface area contributed by atoms with Crippen molar-refractivity contribution in [1.82, 2.24) is 5.32 Å². The third-order valence-electron chi connectivity index (χ3n) is 2.91. The van der Waals surface area contributed by atoms with Crippen LogP contribution in [0.3, 0.4) is 0 Å². The Hall–Kier alpha value is -0.160. The molecule has 0 spiro atoms. The quantitative estimate of drug-likeness (QED) is 0.774. The molecule has 1 aromatic carbocycles. The largest absolute Gasteiger partial charge is 0.319 e. The lowest BCUT2D eigenvalue weighted by molar-refractivity contribution is 0.629. The first-order valence-electron chi connectivity index (χ1n) is 5.82. The highest BCUT2D eigenvalue weighted by Gasteiger charge is 2.14. The fourth-order valence-corrected chi connectivity index (χ4v) is 3.84. The number of likely N-dealkylation sites (N-methyl/N-ethyl adjacent to an activating group) is 1. The van der Waals surface area contributed by atoms with Crippen LogP contribution in [0.1, 0.15) is 16.4 Å². The van der Waals surface area contributed by atoms with Gasteiger partial charge in [-0.25, -0.2) is 0 Å². The van der Waals surface area contributed by atoms with Gasteiger partial charge in [0.25, 0.3) is 0 Å². The van der Waals surface area contributed by atoms with Crippen molar-refractivity contribution in [2.75, 3.05) is 13.6 Å². The Morgan fingerprint density at radius 1 is 1.17 bits per heavy atom. The lowest BCUT2D eigenvalue weighted by Crippen LogP contribution is -2.18. The van der Waals surface area contributed by atoms with Crippen LogP contribution in [0, 0.1) is 0 Å². The highest BCUT2D eigenvalue weighted by Crippen LogP contribution is 2.29. The average molecular weight is 389 g/mol. The van der Waals surface area contributed by atoms with E-state index < -0.39 is 0 Å². The van der Waals surface area contributed by atoms with E-state index >= 15 is 0 Å². The maximum absolute atomic E-state index is 3.61. The summed E-state index contributed by atoms with van der Waals surface area (Å²) < 4.78 is 2.36. The molecule has 0 aliphatic rings. The Labute approximate surface area is 129 Å². The molecule has 0 saturated carbocycles. The summed E-state index contributed by atoms with van der Waals surface area (Å²) in [5.74, 6) is 0.512. The Morgan fingerprint density at radius 3 is 2.44 bits per heavy atom. The van der Waals surface area contributed by atoms with Gasteiger partial charge in [-0.2, -0.15) is 0 Å². The van der Waals surface area contributed by atoms with Crippen LogP contribution in [0.4, 0.5) is 0 Å². The van der Waals surface area contributed by atoms with Gasteiger partial charge in [-0.3, -0.25) is 0 Å². The summed E-state index contributed by atoms with van der Waals surface area (Å²) in [6, 6.07) is 10.8. The third kappa shape index (κ3) is 3.67. The normalized spacial score (nSPS) is 12.6. The number of thiophene rings is 1. The van der Waals surface area contributed by atoms with E-state index in [0.717, 1.165) is 17.4 Å². The molecule has 1 N–H and O–H groups in total. The fourth-order valence-electron chi connectivity index (χ4n) is 1.98. The highest BCUT2D eigenvalue weighted by molar-refractivity contribution is 9.10. The Kier molecular flexibility index (Phi) is 5.42. The van der Waals surface area contributed by atoms with Crippen molar-refractivity contribution in [2.45, 2.75) is 12.3 Å².